The van der Waals surface area contributed by atoms with E-state index in [-0.39, 0.29) is 12.5 Å². The highest BCUT2D eigenvalue weighted by Crippen LogP contribution is 2.36. The number of thioether (sulfide) groups is 1. The van der Waals surface area contributed by atoms with Gasteiger partial charge in [-0.2, -0.15) is 5.10 Å². The molecular formula is C25H25BrN4O4S. The third kappa shape index (κ3) is 8.04. The molecule has 3 aromatic rings. The highest BCUT2D eigenvalue weighted by molar-refractivity contribution is 9.10. The first-order valence-corrected chi connectivity index (χ1v) is 12.2. The van der Waals surface area contributed by atoms with E-state index in [0.29, 0.717) is 43.9 Å². The van der Waals surface area contributed by atoms with Gasteiger partial charge in [0.25, 0.3) is 5.91 Å². The Morgan fingerprint density at radius 3 is 2.51 bits per heavy atom. The van der Waals surface area contributed by atoms with Crippen LogP contribution in [0.25, 0.3) is 0 Å². The number of nitrogens with one attached hydrogen (secondary N) is 1. The molecule has 1 amide bonds. The maximum atomic E-state index is 12.4. The smallest absolute Gasteiger partial charge is 0.262 e. The van der Waals surface area contributed by atoms with Crippen molar-refractivity contribution >= 4 is 50.7 Å². The van der Waals surface area contributed by atoms with Crippen molar-refractivity contribution in [3.8, 4) is 17.2 Å². The Hall–Kier alpha value is -3.50. The molecule has 35 heavy (non-hydrogen) atoms. The molecule has 0 saturated carbocycles. The molecule has 0 saturated heterocycles. The molecule has 0 spiro atoms. The number of halogens is 1. The van der Waals surface area contributed by atoms with Crippen molar-refractivity contribution in [2.75, 3.05) is 26.1 Å². The first-order chi connectivity index (χ1) is 17.0. The minimum absolute atomic E-state index is 0.222. The molecule has 182 valence electrons. The third-order valence-electron chi connectivity index (χ3n) is 4.57. The number of rotatable bonds is 10. The summed E-state index contributed by atoms with van der Waals surface area (Å²) in [7, 11) is 3.05. The molecule has 0 aromatic heterocycles. The summed E-state index contributed by atoms with van der Waals surface area (Å²) in [5.41, 5.74) is 8.36. The van der Waals surface area contributed by atoms with Crippen LogP contribution in [0.3, 0.4) is 0 Å². The molecule has 0 atom stereocenters. The maximum Gasteiger partial charge on any atom is 0.262 e. The summed E-state index contributed by atoms with van der Waals surface area (Å²) < 4.78 is 17.0. The van der Waals surface area contributed by atoms with Crippen LogP contribution in [0.1, 0.15) is 11.1 Å². The molecule has 10 heteroatoms. The molecule has 0 aliphatic rings. The van der Waals surface area contributed by atoms with Gasteiger partial charge in [-0.3, -0.25) is 4.79 Å². The predicted octanol–water partition coefficient (Wildman–Crippen LogP) is 5.07. The normalized spacial score (nSPS) is 11.3. The number of hydrogen-bond donors (Lipinski definition) is 2. The third-order valence-corrected chi connectivity index (χ3v) is 6.02. The summed E-state index contributed by atoms with van der Waals surface area (Å²) in [4.78, 5) is 12.4. The van der Waals surface area contributed by atoms with Crippen LogP contribution in [0.2, 0.25) is 0 Å². The van der Waals surface area contributed by atoms with Gasteiger partial charge in [0.1, 0.15) is 5.75 Å². The molecule has 0 aliphatic heterocycles. The van der Waals surface area contributed by atoms with E-state index in [1.807, 2.05) is 36.4 Å². The van der Waals surface area contributed by atoms with Gasteiger partial charge in [-0.05, 0) is 51.3 Å². The molecule has 3 N–H and O–H groups in total. The van der Waals surface area contributed by atoms with Crippen LogP contribution in [0, 0.1) is 0 Å². The van der Waals surface area contributed by atoms with Crippen LogP contribution >= 0.6 is 27.7 Å². The standard InChI is InChI=1S/C25H25BrN4O4S/c1-32-21-11-7-6-10-20(21)29-23(31)15-34-24-19(26)12-18(13-22(24)33-2)14-28-30-25(27)35-16-17-8-4-3-5-9-17/h3-14H,15-16H2,1-2H3,(H2,27,30)(H,29,31). The Labute approximate surface area is 216 Å². The van der Waals surface area contributed by atoms with Crippen molar-refractivity contribution < 1.29 is 19.0 Å². The number of benzene rings is 3. The average molecular weight is 557 g/mol. The summed E-state index contributed by atoms with van der Waals surface area (Å²) in [5.74, 6) is 1.75. The van der Waals surface area contributed by atoms with Gasteiger partial charge in [0.2, 0.25) is 0 Å². The monoisotopic (exact) mass is 556 g/mol. The van der Waals surface area contributed by atoms with Gasteiger partial charge in [0, 0.05) is 5.75 Å². The summed E-state index contributed by atoms with van der Waals surface area (Å²) in [6.45, 7) is -0.222. The highest BCUT2D eigenvalue weighted by Gasteiger charge is 2.14. The Morgan fingerprint density at radius 2 is 1.77 bits per heavy atom. The number of carbonyl (C=O) groups excluding carboxylic acids is 1. The van der Waals surface area contributed by atoms with Crippen molar-refractivity contribution in [1.29, 1.82) is 0 Å². The lowest BCUT2D eigenvalue weighted by Crippen LogP contribution is -2.20. The zero-order valence-corrected chi connectivity index (χ0v) is 21.6. The van der Waals surface area contributed by atoms with Crippen molar-refractivity contribution in [1.82, 2.24) is 0 Å². The Bertz CT molecular complexity index is 1210. The van der Waals surface area contributed by atoms with E-state index in [4.69, 9.17) is 19.9 Å². The lowest BCUT2D eigenvalue weighted by molar-refractivity contribution is -0.118. The molecule has 3 aromatic carbocycles. The fraction of sp³-hybridized carbons (Fsp3) is 0.160. The number of carbonyl (C=O) groups is 1. The summed E-state index contributed by atoms with van der Waals surface area (Å²) in [5, 5.41) is 11.2. The zero-order valence-electron chi connectivity index (χ0n) is 19.2. The second-order valence-corrected chi connectivity index (χ2v) is 8.88. The molecule has 0 radical (unpaired) electrons. The van der Waals surface area contributed by atoms with Crippen molar-refractivity contribution in [2.45, 2.75) is 5.75 Å². The first-order valence-electron chi connectivity index (χ1n) is 10.5. The van der Waals surface area contributed by atoms with Crippen LogP contribution < -0.4 is 25.3 Å². The Morgan fingerprint density at radius 1 is 1.06 bits per heavy atom. The van der Waals surface area contributed by atoms with Gasteiger partial charge >= 0.3 is 0 Å². The van der Waals surface area contributed by atoms with Crippen LogP contribution in [0.5, 0.6) is 17.2 Å². The van der Waals surface area contributed by atoms with E-state index in [1.54, 1.807) is 36.5 Å². The van der Waals surface area contributed by atoms with Gasteiger partial charge < -0.3 is 25.3 Å². The summed E-state index contributed by atoms with van der Waals surface area (Å²) in [6.07, 6.45) is 1.56. The fourth-order valence-electron chi connectivity index (χ4n) is 2.94. The number of amides is 1. The number of nitrogens with two attached hydrogens (primary N) is 1. The molecule has 0 aliphatic carbocycles. The first kappa shape index (κ1) is 26.1. The van der Waals surface area contributed by atoms with Crippen molar-refractivity contribution in [3.63, 3.8) is 0 Å². The number of para-hydroxylation sites is 2. The van der Waals surface area contributed by atoms with E-state index in [2.05, 4.69) is 31.4 Å². The van der Waals surface area contributed by atoms with E-state index in [0.717, 1.165) is 5.56 Å². The van der Waals surface area contributed by atoms with E-state index < -0.39 is 0 Å². The van der Waals surface area contributed by atoms with Crippen molar-refractivity contribution in [3.05, 3.63) is 82.3 Å². The largest absolute Gasteiger partial charge is 0.495 e. The fourth-order valence-corrected chi connectivity index (χ4v) is 4.13. The molecule has 0 bridgehead atoms. The van der Waals surface area contributed by atoms with Gasteiger partial charge in [-0.25, -0.2) is 0 Å². The van der Waals surface area contributed by atoms with Crippen LogP contribution in [0.15, 0.2) is 81.4 Å². The molecule has 0 unspecified atom stereocenters. The van der Waals surface area contributed by atoms with Gasteiger partial charge in [-0.15, -0.1) is 5.10 Å². The highest BCUT2D eigenvalue weighted by atomic mass is 79.9. The van der Waals surface area contributed by atoms with Crippen LogP contribution in [-0.2, 0) is 10.5 Å². The second kappa shape index (κ2) is 13.4. The molecule has 0 fully saturated rings. The number of methoxy groups -OCH3 is 2. The lowest BCUT2D eigenvalue weighted by Gasteiger charge is -2.14. The zero-order chi connectivity index (χ0) is 25.0. The van der Waals surface area contributed by atoms with Gasteiger partial charge in [0.05, 0.1) is 30.6 Å². The SMILES string of the molecule is COc1ccccc1NC(=O)COc1c(Br)cc(C=NN=C(N)SCc2ccccc2)cc1OC. The predicted molar refractivity (Wildman–Crippen MR) is 145 cm³/mol. The average Bonchev–Trinajstić information content (AvgIpc) is 2.87. The molecule has 0 heterocycles. The number of anilines is 1. The quantitative estimate of drug-likeness (QED) is 0.205. The van der Waals surface area contributed by atoms with E-state index in [1.165, 1.54) is 26.0 Å². The number of nitrogens with zero attached hydrogens (tertiary/aromatic N) is 2. The van der Waals surface area contributed by atoms with Crippen LogP contribution in [-0.4, -0.2) is 38.1 Å². The number of amidine groups is 1. The molecular weight excluding hydrogens is 532 g/mol. The minimum atomic E-state index is -0.341. The topological polar surface area (TPSA) is 108 Å². The van der Waals surface area contributed by atoms with E-state index in [9.17, 15) is 4.79 Å². The Kier molecular flexibility index (Phi) is 10.00. The number of hydrogen-bond acceptors (Lipinski definition) is 7. The lowest BCUT2D eigenvalue weighted by atomic mass is 10.2. The second-order valence-electron chi connectivity index (χ2n) is 7.03. The number of ether oxygens (including phenoxy) is 3. The van der Waals surface area contributed by atoms with Crippen LogP contribution in [0.4, 0.5) is 5.69 Å². The molecule has 3 rings (SSSR count). The minimum Gasteiger partial charge on any atom is -0.495 e. The maximum absolute atomic E-state index is 12.4. The van der Waals surface area contributed by atoms with E-state index >= 15 is 0 Å². The summed E-state index contributed by atoms with van der Waals surface area (Å²) in [6, 6.07) is 20.6. The van der Waals surface area contributed by atoms with Gasteiger partial charge in [-0.1, -0.05) is 54.2 Å². The summed E-state index contributed by atoms with van der Waals surface area (Å²) >= 11 is 4.87. The molecule has 8 nitrogen and oxygen atoms in total. The van der Waals surface area contributed by atoms with Crippen molar-refractivity contribution in [2.24, 2.45) is 15.9 Å². The van der Waals surface area contributed by atoms with Gasteiger partial charge in [0.15, 0.2) is 23.3 Å². The Balaban J connectivity index is 1.60.